The molecule has 2 heteroatoms. The molecule has 0 amide bonds. The van der Waals surface area contributed by atoms with Crippen LogP contribution in [0.5, 0.6) is 0 Å². The fourth-order valence-electron chi connectivity index (χ4n) is 10.1. The molecule has 0 aromatic rings. The second-order valence-corrected chi connectivity index (χ2v) is 13.6. The number of hydrogen-bond donors (Lipinski definition) is 1. The van der Waals surface area contributed by atoms with Gasteiger partial charge in [-0.3, -0.25) is 0 Å². The summed E-state index contributed by atoms with van der Waals surface area (Å²) in [5.41, 5.74) is 3.83. The van der Waals surface area contributed by atoms with Gasteiger partial charge in [-0.2, -0.15) is 0 Å². The molecule has 5 aliphatic rings. The van der Waals surface area contributed by atoms with Gasteiger partial charge in [0.25, 0.3) is 0 Å². The van der Waals surface area contributed by atoms with E-state index >= 15 is 0 Å². The molecule has 5 aliphatic carbocycles. The molecule has 0 aromatic carbocycles. The van der Waals surface area contributed by atoms with Crippen molar-refractivity contribution in [3.05, 3.63) is 23.8 Å². The standard InChI is InChI=1S/C29H44O2/c1-18-15-20-21(8-12-27(4)11-7-19(17-30)16-22(20)27)28(5)13-9-23-26(2,3)24(31)10-14-29(23,6)25(18)28/h15,17,19,21-25,31H,1,7-14,16H2,2-6H3. The summed E-state index contributed by atoms with van der Waals surface area (Å²) in [6.45, 7) is 17.0. The predicted octanol–water partition coefficient (Wildman–Crippen LogP) is 6.73. The monoisotopic (exact) mass is 424 g/mol. The van der Waals surface area contributed by atoms with Gasteiger partial charge in [0.15, 0.2) is 0 Å². The lowest BCUT2D eigenvalue weighted by molar-refractivity contribution is -0.173. The molecule has 0 heterocycles. The molecule has 0 aromatic heterocycles. The molecule has 172 valence electrons. The van der Waals surface area contributed by atoms with E-state index in [0.717, 1.165) is 25.7 Å². The summed E-state index contributed by atoms with van der Waals surface area (Å²) in [4.78, 5) is 11.7. The summed E-state index contributed by atoms with van der Waals surface area (Å²) >= 11 is 0. The zero-order valence-electron chi connectivity index (χ0n) is 20.5. The zero-order chi connectivity index (χ0) is 22.4. The Morgan fingerprint density at radius 3 is 2.32 bits per heavy atom. The van der Waals surface area contributed by atoms with Crippen molar-refractivity contribution in [2.45, 2.75) is 98.5 Å². The number of aldehydes is 1. The lowest BCUT2D eigenvalue weighted by Gasteiger charge is -2.68. The summed E-state index contributed by atoms with van der Waals surface area (Å²) in [5.74, 6) is 2.50. The Bertz CT molecular complexity index is 823. The Morgan fingerprint density at radius 2 is 1.61 bits per heavy atom. The van der Waals surface area contributed by atoms with Crippen molar-refractivity contribution in [1.29, 1.82) is 0 Å². The Balaban J connectivity index is 1.57. The third-order valence-corrected chi connectivity index (χ3v) is 11.8. The van der Waals surface area contributed by atoms with Crippen molar-refractivity contribution >= 4 is 6.29 Å². The Labute approximate surface area is 190 Å². The second kappa shape index (κ2) is 6.81. The molecule has 9 unspecified atom stereocenters. The second-order valence-electron chi connectivity index (χ2n) is 13.6. The van der Waals surface area contributed by atoms with Crippen LogP contribution in [0.1, 0.15) is 92.4 Å². The van der Waals surface area contributed by atoms with Gasteiger partial charge < -0.3 is 9.90 Å². The SMILES string of the molecule is C=C1C=C2C3CC(C=O)CCC3(C)CCC2C2(C)CCC3C(C)(C)C(O)CCC3(C)C12. The average Bonchev–Trinajstić information content (AvgIpc) is 2.70. The van der Waals surface area contributed by atoms with Crippen LogP contribution in [0.2, 0.25) is 0 Å². The molecule has 4 fully saturated rings. The highest BCUT2D eigenvalue weighted by atomic mass is 16.3. The highest BCUT2D eigenvalue weighted by Gasteiger charge is 2.65. The molecule has 0 saturated heterocycles. The van der Waals surface area contributed by atoms with Crippen LogP contribution in [0.25, 0.3) is 0 Å². The highest BCUT2D eigenvalue weighted by Crippen LogP contribution is 2.72. The first-order chi connectivity index (χ1) is 14.5. The van der Waals surface area contributed by atoms with E-state index in [1.54, 1.807) is 5.57 Å². The molecule has 31 heavy (non-hydrogen) atoms. The fourth-order valence-corrected chi connectivity index (χ4v) is 10.1. The van der Waals surface area contributed by atoms with Gasteiger partial charge in [0.2, 0.25) is 0 Å². The molecule has 0 aliphatic heterocycles. The number of fused-ring (bicyclic) bond motifs is 7. The maximum atomic E-state index is 11.7. The Morgan fingerprint density at radius 1 is 0.935 bits per heavy atom. The molecule has 0 radical (unpaired) electrons. The van der Waals surface area contributed by atoms with Crippen LogP contribution in [-0.2, 0) is 4.79 Å². The molecule has 9 atom stereocenters. The minimum atomic E-state index is -0.184. The van der Waals surface area contributed by atoms with Gasteiger partial charge in [-0.25, -0.2) is 0 Å². The first kappa shape index (κ1) is 21.9. The number of aliphatic hydroxyl groups excluding tert-OH is 1. The molecule has 0 spiro atoms. The van der Waals surface area contributed by atoms with Gasteiger partial charge >= 0.3 is 0 Å². The first-order valence-corrected chi connectivity index (χ1v) is 13.0. The van der Waals surface area contributed by atoms with Gasteiger partial charge in [0.05, 0.1) is 6.10 Å². The third kappa shape index (κ3) is 2.82. The minimum absolute atomic E-state index is 0.0235. The van der Waals surface area contributed by atoms with Crippen molar-refractivity contribution in [2.75, 3.05) is 0 Å². The molecule has 1 N–H and O–H groups in total. The quantitative estimate of drug-likeness (QED) is 0.474. The van der Waals surface area contributed by atoms with Crippen LogP contribution in [0, 0.1) is 51.2 Å². The molecule has 5 rings (SSSR count). The van der Waals surface area contributed by atoms with Crippen LogP contribution in [0.3, 0.4) is 0 Å². The van der Waals surface area contributed by atoms with Gasteiger partial charge in [-0.1, -0.05) is 58.4 Å². The lowest BCUT2D eigenvalue weighted by Crippen LogP contribution is -2.62. The number of allylic oxidation sites excluding steroid dienone is 3. The van der Waals surface area contributed by atoms with Gasteiger partial charge in [0, 0.05) is 5.92 Å². The summed E-state index contributed by atoms with van der Waals surface area (Å²) in [7, 11) is 0. The summed E-state index contributed by atoms with van der Waals surface area (Å²) in [6.07, 6.45) is 14.0. The number of rotatable bonds is 1. The highest BCUT2D eigenvalue weighted by molar-refractivity contribution is 5.54. The van der Waals surface area contributed by atoms with E-state index in [9.17, 15) is 9.90 Å². The fraction of sp³-hybridized carbons (Fsp3) is 0.828. The van der Waals surface area contributed by atoms with E-state index in [-0.39, 0.29) is 28.3 Å². The number of carbonyl (C=O) groups is 1. The minimum Gasteiger partial charge on any atom is -0.393 e. The van der Waals surface area contributed by atoms with Crippen molar-refractivity contribution in [2.24, 2.45) is 51.2 Å². The van der Waals surface area contributed by atoms with E-state index < -0.39 is 0 Å². The van der Waals surface area contributed by atoms with Gasteiger partial charge in [0.1, 0.15) is 6.29 Å². The third-order valence-electron chi connectivity index (χ3n) is 11.8. The largest absolute Gasteiger partial charge is 0.393 e. The Kier molecular flexibility index (Phi) is 4.82. The van der Waals surface area contributed by atoms with Crippen LogP contribution in [0.15, 0.2) is 23.8 Å². The number of hydrogen-bond acceptors (Lipinski definition) is 2. The number of aliphatic hydroxyl groups is 1. The molecule has 2 nitrogen and oxygen atoms in total. The van der Waals surface area contributed by atoms with Crippen LogP contribution < -0.4 is 0 Å². The van der Waals surface area contributed by atoms with E-state index in [0.29, 0.717) is 29.1 Å². The summed E-state index contributed by atoms with van der Waals surface area (Å²) in [6, 6.07) is 0. The predicted molar refractivity (Wildman–Crippen MR) is 126 cm³/mol. The molecule has 0 bridgehead atoms. The maximum Gasteiger partial charge on any atom is 0.123 e. The molecular weight excluding hydrogens is 380 g/mol. The normalized spacial score (nSPS) is 53.4. The van der Waals surface area contributed by atoms with Crippen molar-refractivity contribution in [3.63, 3.8) is 0 Å². The molecule has 4 saturated carbocycles. The smallest absolute Gasteiger partial charge is 0.123 e. The van der Waals surface area contributed by atoms with Crippen molar-refractivity contribution < 1.29 is 9.90 Å². The summed E-state index contributed by atoms with van der Waals surface area (Å²) < 4.78 is 0. The summed E-state index contributed by atoms with van der Waals surface area (Å²) in [5, 5.41) is 10.8. The van der Waals surface area contributed by atoms with Crippen LogP contribution >= 0.6 is 0 Å². The van der Waals surface area contributed by atoms with Crippen LogP contribution in [-0.4, -0.2) is 17.5 Å². The van der Waals surface area contributed by atoms with E-state index in [2.05, 4.69) is 40.7 Å². The first-order valence-electron chi connectivity index (χ1n) is 13.0. The van der Waals surface area contributed by atoms with E-state index in [1.807, 2.05) is 0 Å². The van der Waals surface area contributed by atoms with Gasteiger partial charge in [-0.15, -0.1) is 0 Å². The van der Waals surface area contributed by atoms with Crippen molar-refractivity contribution in [3.8, 4) is 0 Å². The Hall–Kier alpha value is -0.890. The topological polar surface area (TPSA) is 37.3 Å². The van der Waals surface area contributed by atoms with E-state index in [4.69, 9.17) is 6.58 Å². The zero-order valence-corrected chi connectivity index (χ0v) is 20.5. The van der Waals surface area contributed by atoms with E-state index in [1.165, 1.54) is 44.0 Å². The van der Waals surface area contributed by atoms with Crippen LogP contribution in [0.4, 0.5) is 0 Å². The van der Waals surface area contributed by atoms with Gasteiger partial charge in [-0.05, 0) is 103 Å². The lowest BCUT2D eigenvalue weighted by atomic mass is 9.36. The molecular formula is C29H44O2. The van der Waals surface area contributed by atoms with Crippen molar-refractivity contribution in [1.82, 2.24) is 0 Å². The maximum absolute atomic E-state index is 11.7. The average molecular weight is 425 g/mol. The number of carbonyl (C=O) groups excluding carboxylic acids is 1.